The number of nitrogens with zero attached hydrogens (tertiary/aromatic N) is 2. The lowest BCUT2D eigenvalue weighted by molar-refractivity contribution is -0.185. The molecule has 18 heavy (non-hydrogen) atoms. The van der Waals surface area contributed by atoms with Crippen LogP contribution in [0.4, 0.5) is 13.2 Å². The molecule has 0 aliphatic heterocycles. The van der Waals surface area contributed by atoms with Crippen LogP contribution in [-0.2, 0) is 0 Å². The molecule has 100 valence electrons. The van der Waals surface area contributed by atoms with Crippen LogP contribution in [0.3, 0.4) is 0 Å². The van der Waals surface area contributed by atoms with E-state index in [1.807, 2.05) is 0 Å². The summed E-state index contributed by atoms with van der Waals surface area (Å²) in [7, 11) is 0. The van der Waals surface area contributed by atoms with Gasteiger partial charge in [0.1, 0.15) is 6.10 Å². The first-order chi connectivity index (χ1) is 8.48. The van der Waals surface area contributed by atoms with Crippen molar-refractivity contribution in [1.29, 1.82) is 0 Å². The van der Waals surface area contributed by atoms with Gasteiger partial charge < -0.3 is 5.11 Å². The second-order valence-electron chi connectivity index (χ2n) is 4.73. The van der Waals surface area contributed by atoms with E-state index in [4.69, 9.17) is 0 Å². The van der Waals surface area contributed by atoms with Crippen LogP contribution in [0.1, 0.15) is 37.5 Å². The molecule has 0 saturated heterocycles. The molecule has 1 atom stereocenters. The third-order valence-electron chi connectivity index (χ3n) is 3.57. The topological polar surface area (TPSA) is 46.0 Å². The average molecular weight is 260 g/mol. The lowest BCUT2D eigenvalue weighted by Gasteiger charge is -2.32. The van der Waals surface area contributed by atoms with Crippen molar-refractivity contribution in [2.75, 3.05) is 0 Å². The van der Waals surface area contributed by atoms with Gasteiger partial charge in [-0.1, -0.05) is 0 Å². The van der Waals surface area contributed by atoms with Gasteiger partial charge in [-0.15, -0.1) is 0 Å². The summed E-state index contributed by atoms with van der Waals surface area (Å²) in [5.74, 6) is -1.37. The van der Waals surface area contributed by atoms with Gasteiger partial charge in [-0.25, -0.2) is 0 Å². The van der Waals surface area contributed by atoms with Crippen LogP contribution in [0.2, 0.25) is 0 Å². The molecule has 0 aromatic carbocycles. The van der Waals surface area contributed by atoms with Gasteiger partial charge >= 0.3 is 6.18 Å². The molecule has 0 amide bonds. The molecule has 1 aliphatic carbocycles. The Morgan fingerprint density at radius 1 is 1.17 bits per heavy atom. The predicted molar refractivity (Wildman–Crippen MR) is 58.5 cm³/mol. The zero-order chi connectivity index (χ0) is 13.2. The first-order valence-corrected chi connectivity index (χ1v) is 5.99. The number of aliphatic hydroxyl groups is 1. The van der Waals surface area contributed by atoms with Crippen molar-refractivity contribution in [3.8, 4) is 0 Å². The molecule has 1 aromatic rings. The molecule has 1 saturated carbocycles. The smallest absolute Gasteiger partial charge is 0.386 e. The van der Waals surface area contributed by atoms with Crippen LogP contribution in [0.15, 0.2) is 18.6 Å². The summed E-state index contributed by atoms with van der Waals surface area (Å²) in [6.07, 6.45) is 0.438. The number of rotatable bonds is 2. The van der Waals surface area contributed by atoms with Crippen LogP contribution >= 0.6 is 0 Å². The summed E-state index contributed by atoms with van der Waals surface area (Å²) < 4.78 is 37.5. The molecule has 1 N–H and O–H groups in total. The van der Waals surface area contributed by atoms with E-state index in [1.165, 1.54) is 18.6 Å². The molecular weight excluding hydrogens is 245 g/mol. The minimum atomic E-state index is -4.11. The van der Waals surface area contributed by atoms with Gasteiger partial charge in [0.15, 0.2) is 0 Å². The second-order valence-corrected chi connectivity index (χ2v) is 4.73. The molecule has 1 aliphatic rings. The number of aromatic nitrogens is 2. The van der Waals surface area contributed by atoms with Crippen LogP contribution in [0.5, 0.6) is 0 Å². The Kier molecular flexibility index (Phi) is 3.85. The standard InChI is InChI=1S/C12H15F3N2O/c13-12(14,15)9-3-1-8(2-4-9)11(18)10-7-16-5-6-17-10/h5-9,11,18H,1-4H2. The lowest BCUT2D eigenvalue weighted by atomic mass is 9.78. The van der Waals surface area contributed by atoms with Crippen molar-refractivity contribution in [2.24, 2.45) is 11.8 Å². The quantitative estimate of drug-likeness (QED) is 0.889. The summed E-state index contributed by atoms with van der Waals surface area (Å²) in [5.41, 5.74) is 0.438. The van der Waals surface area contributed by atoms with E-state index in [2.05, 4.69) is 9.97 Å². The molecule has 1 aromatic heterocycles. The Bertz CT molecular complexity index is 375. The number of hydrogen-bond acceptors (Lipinski definition) is 3. The summed E-state index contributed by atoms with van der Waals surface area (Å²) in [6, 6.07) is 0. The van der Waals surface area contributed by atoms with Crippen LogP contribution in [-0.4, -0.2) is 21.3 Å². The molecule has 3 nitrogen and oxygen atoms in total. The van der Waals surface area contributed by atoms with Gasteiger partial charge in [0.25, 0.3) is 0 Å². The number of halogens is 3. The molecule has 0 bridgehead atoms. The fourth-order valence-electron chi connectivity index (χ4n) is 2.47. The maximum absolute atomic E-state index is 12.5. The fourth-order valence-corrected chi connectivity index (χ4v) is 2.47. The minimum absolute atomic E-state index is 0.0888. The van der Waals surface area contributed by atoms with Gasteiger partial charge in [0.2, 0.25) is 0 Å². The number of hydrogen-bond donors (Lipinski definition) is 1. The van der Waals surface area contributed by atoms with Gasteiger partial charge in [-0.2, -0.15) is 13.2 Å². The van der Waals surface area contributed by atoms with Crippen molar-refractivity contribution < 1.29 is 18.3 Å². The normalized spacial score (nSPS) is 26.9. The Morgan fingerprint density at radius 2 is 1.83 bits per heavy atom. The van der Waals surface area contributed by atoms with Crippen molar-refractivity contribution in [1.82, 2.24) is 9.97 Å². The highest BCUT2D eigenvalue weighted by molar-refractivity contribution is 5.01. The van der Waals surface area contributed by atoms with Crippen molar-refractivity contribution in [3.63, 3.8) is 0 Å². The molecule has 1 heterocycles. The van der Waals surface area contributed by atoms with E-state index in [1.54, 1.807) is 0 Å². The van der Waals surface area contributed by atoms with Crippen molar-refractivity contribution >= 4 is 0 Å². The predicted octanol–water partition coefficient (Wildman–Crippen LogP) is 2.88. The molecule has 2 rings (SSSR count). The van der Waals surface area contributed by atoms with Gasteiger partial charge in [-0.3, -0.25) is 9.97 Å². The van der Waals surface area contributed by atoms with Gasteiger partial charge in [0.05, 0.1) is 17.8 Å². The first kappa shape index (κ1) is 13.3. The maximum Gasteiger partial charge on any atom is 0.391 e. The third-order valence-corrected chi connectivity index (χ3v) is 3.57. The van der Waals surface area contributed by atoms with E-state index >= 15 is 0 Å². The highest BCUT2D eigenvalue weighted by Gasteiger charge is 2.42. The Hall–Kier alpha value is -1.17. The highest BCUT2D eigenvalue weighted by Crippen LogP contribution is 2.42. The van der Waals surface area contributed by atoms with Gasteiger partial charge in [0, 0.05) is 12.4 Å². The van der Waals surface area contributed by atoms with E-state index in [0.29, 0.717) is 18.5 Å². The largest absolute Gasteiger partial charge is 0.391 e. The highest BCUT2D eigenvalue weighted by atomic mass is 19.4. The summed E-state index contributed by atoms with van der Waals surface area (Å²) in [6.45, 7) is 0. The van der Waals surface area contributed by atoms with Crippen molar-refractivity contribution in [3.05, 3.63) is 24.3 Å². The molecule has 1 unspecified atom stereocenters. The Morgan fingerprint density at radius 3 is 2.33 bits per heavy atom. The Balaban J connectivity index is 1.94. The number of aliphatic hydroxyl groups excluding tert-OH is 1. The van der Waals surface area contributed by atoms with E-state index in [-0.39, 0.29) is 18.8 Å². The first-order valence-electron chi connectivity index (χ1n) is 5.99. The molecular formula is C12H15F3N2O. The molecule has 6 heteroatoms. The maximum atomic E-state index is 12.5. The average Bonchev–Trinajstić information content (AvgIpc) is 2.38. The van der Waals surface area contributed by atoms with Crippen molar-refractivity contribution in [2.45, 2.75) is 38.0 Å². The number of alkyl halides is 3. The lowest BCUT2D eigenvalue weighted by Crippen LogP contribution is -2.29. The zero-order valence-electron chi connectivity index (χ0n) is 9.77. The van der Waals surface area contributed by atoms with Crippen LogP contribution in [0, 0.1) is 11.8 Å². The van der Waals surface area contributed by atoms with Crippen LogP contribution in [0.25, 0.3) is 0 Å². The monoisotopic (exact) mass is 260 g/mol. The SMILES string of the molecule is OC(c1cnccn1)C1CCC(C(F)(F)F)CC1. The third kappa shape index (κ3) is 2.98. The van der Waals surface area contributed by atoms with E-state index in [9.17, 15) is 18.3 Å². The zero-order valence-corrected chi connectivity index (χ0v) is 9.77. The van der Waals surface area contributed by atoms with Crippen LogP contribution < -0.4 is 0 Å². The van der Waals surface area contributed by atoms with Gasteiger partial charge in [-0.05, 0) is 31.6 Å². The summed E-state index contributed by atoms with van der Waals surface area (Å²) >= 11 is 0. The molecule has 1 fully saturated rings. The molecule has 0 radical (unpaired) electrons. The second kappa shape index (κ2) is 5.22. The fraction of sp³-hybridized carbons (Fsp3) is 0.667. The molecule has 0 spiro atoms. The summed E-state index contributed by atoms with van der Waals surface area (Å²) in [4.78, 5) is 7.84. The summed E-state index contributed by atoms with van der Waals surface area (Å²) in [5, 5.41) is 10.1. The Labute approximate surface area is 103 Å². The van der Waals surface area contributed by atoms with E-state index in [0.717, 1.165) is 0 Å². The minimum Gasteiger partial charge on any atom is -0.386 e. The van der Waals surface area contributed by atoms with E-state index < -0.39 is 18.2 Å².